The maximum Gasteiger partial charge on any atom is 0.240 e. The number of likely N-dealkylation sites (N-methyl/N-ethyl adjacent to an activating group) is 2. The second-order valence-corrected chi connectivity index (χ2v) is 9.38. The largest absolute Gasteiger partial charge is 0.413 e. The average Bonchev–Trinajstić information content (AvgIpc) is 2.43. The number of amides is 1. The molecule has 0 spiro atoms. The van der Waals surface area contributed by atoms with E-state index in [2.05, 4.69) is 51.3 Å². The van der Waals surface area contributed by atoms with E-state index >= 15 is 0 Å². The Morgan fingerprint density at radius 1 is 1.27 bits per heavy atom. The third kappa shape index (κ3) is 5.23. The maximum absolute atomic E-state index is 11.9. The fourth-order valence-corrected chi connectivity index (χ4v) is 3.45. The Hall–Kier alpha value is -1.17. The van der Waals surface area contributed by atoms with Crippen LogP contribution in [0.4, 0.5) is 5.69 Å². The van der Waals surface area contributed by atoms with Crippen LogP contribution in [-0.2, 0) is 9.22 Å². The molecule has 0 fully saturated rings. The highest BCUT2D eigenvalue weighted by atomic mass is 28.3. The smallest absolute Gasteiger partial charge is 0.240 e. The van der Waals surface area contributed by atoms with Crippen LogP contribution in [0.25, 0.3) is 0 Å². The zero-order chi connectivity index (χ0) is 16.9. The molecule has 1 unspecified atom stereocenters. The molecule has 1 N–H and O–H groups in total. The lowest BCUT2D eigenvalue weighted by Gasteiger charge is -2.33. The Labute approximate surface area is 136 Å². The van der Waals surface area contributed by atoms with E-state index in [9.17, 15) is 4.79 Å². The van der Waals surface area contributed by atoms with Crippen LogP contribution in [0.3, 0.4) is 0 Å². The summed E-state index contributed by atoms with van der Waals surface area (Å²) in [7, 11) is 2.44. The summed E-state index contributed by atoms with van der Waals surface area (Å²) in [6, 6.07) is 8.14. The summed E-state index contributed by atoms with van der Waals surface area (Å²) in [5, 5.41) is 2.88. The summed E-state index contributed by atoms with van der Waals surface area (Å²) >= 11 is 0. The zero-order valence-corrected chi connectivity index (χ0v) is 16.1. The molecule has 0 aliphatic heterocycles. The van der Waals surface area contributed by atoms with Gasteiger partial charge in [0.25, 0.3) is 0 Å². The van der Waals surface area contributed by atoms with Crippen LogP contribution in [0.1, 0.15) is 32.4 Å². The SMILES string of the molecule is CNCC(=O)N(C)c1ccc(C(O[SiH](C)C)C(C)(C)C)cc1. The first-order chi connectivity index (χ1) is 10.2. The molecule has 1 rings (SSSR count). The van der Waals surface area contributed by atoms with E-state index in [1.165, 1.54) is 5.56 Å². The first-order valence-electron chi connectivity index (χ1n) is 7.83. The lowest BCUT2D eigenvalue weighted by molar-refractivity contribution is -0.117. The van der Waals surface area contributed by atoms with Gasteiger partial charge in [0, 0.05) is 12.7 Å². The second kappa shape index (κ2) is 7.90. The molecule has 1 amide bonds. The van der Waals surface area contributed by atoms with Gasteiger partial charge in [-0.1, -0.05) is 32.9 Å². The highest BCUT2D eigenvalue weighted by Gasteiger charge is 2.28. The minimum absolute atomic E-state index is 0.0483. The van der Waals surface area contributed by atoms with Crippen molar-refractivity contribution in [3.05, 3.63) is 29.8 Å². The molecular formula is C17H30N2O2Si. The Kier molecular flexibility index (Phi) is 6.78. The van der Waals surface area contributed by atoms with E-state index in [1.54, 1.807) is 19.0 Å². The lowest BCUT2D eigenvalue weighted by Crippen LogP contribution is -2.34. The van der Waals surface area contributed by atoms with Crippen LogP contribution < -0.4 is 10.2 Å². The quantitative estimate of drug-likeness (QED) is 0.819. The van der Waals surface area contributed by atoms with Crippen LogP contribution in [0.2, 0.25) is 13.1 Å². The summed E-state index contributed by atoms with van der Waals surface area (Å²) in [5.41, 5.74) is 2.12. The van der Waals surface area contributed by atoms with Gasteiger partial charge in [-0.05, 0) is 43.3 Å². The Morgan fingerprint density at radius 2 is 1.82 bits per heavy atom. The molecule has 1 aromatic carbocycles. The predicted octanol–water partition coefficient (Wildman–Crippen LogP) is 2.96. The maximum atomic E-state index is 11.9. The van der Waals surface area contributed by atoms with E-state index in [4.69, 9.17) is 4.43 Å². The second-order valence-electron chi connectivity index (χ2n) is 7.01. The van der Waals surface area contributed by atoms with Crippen molar-refractivity contribution in [3.63, 3.8) is 0 Å². The van der Waals surface area contributed by atoms with Crippen molar-refractivity contribution < 1.29 is 9.22 Å². The number of benzene rings is 1. The van der Waals surface area contributed by atoms with Crippen LogP contribution in [-0.4, -0.2) is 35.6 Å². The van der Waals surface area contributed by atoms with E-state index < -0.39 is 9.04 Å². The Bertz CT molecular complexity index is 480. The molecule has 0 saturated heterocycles. The van der Waals surface area contributed by atoms with Crippen molar-refractivity contribution in [1.82, 2.24) is 5.32 Å². The van der Waals surface area contributed by atoms with E-state index in [1.807, 2.05) is 12.1 Å². The molecular weight excluding hydrogens is 292 g/mol. The third-order valence-electron chi connectivity index (χ3n) is 3.48. The number of carbonyl (C=O) groups excluding carboxylic acids is 1. The zero-order valence-electron chi connectivity index (χ0n) is 14.9. The predicted molar refractivity (Wildman–Crippen MR) is 95.9 cm³/mol. The Balaban J connectivity index is 2.96. The molecule has 124 valence electrons. The molecule has 5 heteroatoms. The minimum atomic E-state index is -1.13. The summed E-state index contributed by atoms with van der Waals surface area (Å²) in [6.45, 7) is 11.3. The average molecular weight is 323 g/mol. The van der Waals surface area contributed by atoms with Gasteiger partial charge in [-0.15, -0.1) is 0 Å². The molecule has 0 radical (unpaired) electrons. The van der Waals surface area contributed by atoms with Crippen LogP contribution >= 0.6 is 0 Å². The number of rotatable bonds is 6. The van der Waals surface area contributed by atoms with Gasteiger partial charge in [0.15, 0.2) is 9.04 Å². The minimum Gasteiger partial charge on any atom is -0.413 e. The number of nitrogens with zero attached hydrogens (tertiary/aromatic N) is 1. The standard InChI is InChI=1S/C17H30N2O2Si/c1-17(2,3)16(21-22(6)7)13-8-10-14(11-9-13)19(5)15(20)12-18-4/h8-11,16,18,22H,12H2,1-7H3. The molecule has 1 atom stereocenters. The first-order valence-corrected chi connectivity index (χ1v) is 10.6. The molecule has 4 nitrogen and oxygen atoms in total. The number of carbonyl (C=O) groups is 1. The van der Waals surface area contributed by atoms with Gasteiger partial charge in [0.2, 0.25) is 5.91 Å². The van der Waals surface area contributed by atoms with Crippen molar-refractivity contribution in [1.29, 1.82) is 0 Å². The number of anilines is 1. The molecule has 0 heterocycles. The van der Waals surface area contributed by atoms with E-state index in [0.29, 0.717) is 6.54 Å². The summed E-state index contributed by atoms with van der Waals surface area (Å²) in [6.07, 6.45) is 0.0894. The number of hydrogen-bond acceptors (Lipinski definition) is 3. The highest BCUT2D eigenvalue weighted by molar-refractivity contribution is 6.48. The molecule has 0 aliphatic carbocycles. The summed E-state index contributed by atoms with van der Waals surface area (Å²) in [5.74, 6) is 0.0495. The van der Waals surface area contributed by atoms with Crippen molar-refractivity contribution in [2.45, 2.75) is 40.0 Å². The normalized spacial score (nSPS) is 13.3. The fraction of sp³-hybridized carbons (Fsp3) is 0.588. The van der Waals surface area contributed by atoms with Gasteiger partial charge >= 0.3 is 0 Å². The van der Waals surface area contributed by atoms with Crippen LogP contribution in [0.5, 0.6) is 0 Å². The fourth-order valence-electron chi connectivity index (χ4n) is 2.34. The lowest BCUT2D eigenvalue weighted by atomic mass is 9.85. The topological polar surface area (TPSA) is 41.6 Å². The summed E-state index contributed by atoms with van der Waals surface area (Å²) in [4.78, 5) is 13.6. The van der Waals surface area contributed by atoms with Gasteiger partial charge < -0.3 is 14.6 Å². The van der Waals surface area contributed by atoms with Crippen molar-refractivity contribution in [2.24, 2.45) is 5.41 Å². The molecule has 22 heavy (non-hydrogen) atoms. The highest BCUT2D eigenvalue weighted by Crippen LogP contribution is 2.37. The van der Waals surface area contributed by atoms with Crippen LogP contribution in [0.15, 0.2) is 24.3 Å². The number of nitrogens with one attached hydrogen (secondary N) is 1. The van der Waals surface area contributed by atoms with Gasteiger partial charge in [0.1, 0.15) is 0 Å². The van der Waals surface area contributed by atoms with Gasteiger partial charge in [-0.3, -0.25) is 4.79 Å². The molecule has 0 bridgehead atoms. The summed E-state index contributed by atoms with van der Waals surface area (Å²) < 4.78 is 6.24. The van der Waals surface area contributed by atoms with Crippen molar-refractivity contribution in [2.75, 3.05) is 25.5 Å². The third-order valence-corrected chi connectivity index (χ3v) is 4.30. The van der Waals surface area contributed by atoms with Gasteiger partial charge in [0.05, 0.1) is 12.6 Å². The van der Waals surface area contributed by atoms with Crippen molar-refractivity contribution >= 4 is 20.6 Å². The van der Waals surface area contributed by atoms with E-state index in [-0.39, 0.29) is 17.4 Å². The monoisotopic (exact) mass is 322 g/mol. The van der Waals surface area contributed by atoms with Gasteiger partial charge in [-0.25, -0.2) is 0 Å². The first kappa shape index (κ1) is 18.9. The van der Waals surface area contributed by atoms with E-state index in [0.717, 1.165) is 5.69 Å². The van der Waals surface area contributed by atoms with Crippen molar-refractivity contribution in [3.8, 4) is 0 Å². The molecule has 0 aliphatic rings. The van der Waals surface area contributed by atoms with Crippen LogP contribution in [0, 0.1) is 5.41 Å². The Morgan fingerprint density at radius 3 is 2.23 bits per heavy atom. The van der Waals surface area contributed by atoms with Gasteiger partial charge in [-0.2, -0.15) is 0 Å². The number of hydrogen-bond donors (Lipinski definition) is 1. The molecule has 0 saturated carbocycles. The molecule has 0 aromatic heterocycles. The molecule has 1 aromatic rings.